The van der Waals surface area contributed by atoms with E-state index in [0.717, 1.165) is 23.3 Å². The molecule has 0 heterocycles. The first kappa shape index (κ1) is 21.5. The van der Waals surface area contributed by atoms with Crippen LogP contribution in [0.1, 0.15) is 27.5 Å². The van der Waals surface area contributed by atoms with Crippen molar-refractivity contribution in [2.24, 2.45) is 0 Å². The Labute approximate surface area is 178 Å². The van der Waals surface area contributed by atoms with Crippen LogP contribution in [0.15, 0.2) is 78.9 Å². The topological polar surface area (TPSA) is 125 Å². The van der Waals surface area contributed by atoms with Gasteiger partial charge in [0.05, 0.1) is 22.2 Å². The number of non-ortho nitro benzene ring substituents is 1. The molecule has 8 nitrogen and oxygen atoms in total. The van der Waals surface area contributed by atoms with Gasteiger partial charge in [-0.1, -0.05) is 60.7 Å². The molecule has 0 aliphatic rings. The van der Waals surface area contributed by atoms with Crippen LogP contribution in [-0.4, -0.2) is 23.4 Å². The molecule has 0 aliphatic heterocycles. The first-order valence-corrected chi connectivity index (χ1v) is 9.53. The van der Waals surface area contributed by atoms with Crippen LogP contribution >= 0.6 is 0 Å². The monoisotopic (exact) mass is 419 g/mol. The highest BCUT2D eigenvalue weighted by Gasteiger charge is 2.19. The Morgan fingerprint density at radius 2 is 1.65 bits per heavy atom. The molecule has 0 fully saturated rings. The Hall–Kier alpha value is -4.20. The molecule has 1 amide bonds. The third kappa shape index (κ3) is 5.89. The van der Waals surface area contributed by atoms with Crippen molar-refractivity contribution in [1.29, 1.82) is 0 Å². The zero-order valence-corrected chi connectivity index (χ0v) is 16.6. The fourth-order valence-electron chi connectivity index (χ4n) is 3.08. The van der Waals surface area contributed by atoms with Gasteiger partial charge in [0.2, 0.25) is 0 Å². The lowest BCUT2D eigenvalue weighted by atomic mass is 9.99. The second-order valence-corrected chi connectivity index (χ2v) is 6.83. The number of nitrogens with one attached hydrogen (secondary N) is 1. The molecular formula is C23H21N3O5. The maximum atomic E-state index is 12.5. The summed E-state index contributed by atoms with van der Waals surface area (Å²) in [6.45, 7) is -0.507. The smallest absolute Gasteiger partial charge is 0.340 e. The summed E-state index contributed by atoms with van der Waals surface area (Å²) < 4.78 is 5.06. The molecule has 0 radical (unpaired) electrons. The first-order chi connectivity index (χ1) is 14.9. The summed E-state index contributed by atoms with van der Waals surface area (Å²) in [5.74, 6) is -1.31. The third-order valence-electron chi connectivity index (χ3n) is 4.62. The standard InChI is InChI=1S/C23H21N3O5/c24-20-14-18(26(29)30)11-12-19(20)23(28)31-15-22(27)25-21(17-9-5-2-6-10-17)13-16-7-3-1-4-8-16/h1-12,14,21H,13,15,24H2,(H,25,27)/t21-/m0/s1. The molecular weight excluding hydrogens is 398 g/mol. The number of nitrogen functional groups attached to an aromatic ring is 1. The van der Waals surface area contributed by atoms with Crippen LogP contribution in [0.5, 0.6) is 0 Å². The van der Waals surface area contributed by atoms with E-state index in [1.165, 1.54) is 6.07 Å². The van der Waals surface area contributed by atoms with E-state index >= 15 is 0 Å². The van der Waals surface area contributed by atoms with E-state index in [9.17, 15) is 19.7 Å². The molecule has 0 unspecified atom stereocenters. The molecule has 3 aromatic carbocycles. The van der Waals surface area contributed by atoms with Gasteiger partial charge in [0.15, 0.2) is 6.61 Å². The van der Waals surface area contributed by atoms with E-state index in [1.807, 2.05) is 60.7 Å². The van der Waals surface area contributed by atoms with Gasteiger partial charge in [0.1, 0.15) is 0 Å². The Kier molecular flexibility index (Phi) is 6.95. The number of amides is 1. The van der Waals surface area contributed by atoms with Gasteiger partial charge in [0.25, 0.3) is 11.6 Å². The Morgan fingerprint density at radius 3 is 2.26 bits per heavy atom. The summed E-state index contributed by atoms with van der Waals surface area (Å²) in [4.78, 5) is 34.9. The van der Waals surface area contributed by atoms with Gasteiger partial charge in [-0.25, -0.2) is 4.79 Å². The molecule has 0 saturated heterocycles. The summed E-state index contributed by atoms with van der Waals surface area (Å²) in [5.41, 5.74) is 7.30. The van der Waals surface area contributed by atoms with E-state index in [2.05, 4.69) is 5.32 Å². The average molecular weight is 419 g/mol. The lowest BCUT2D eigenvalue weighted by Gasteiger charge is -2.19. The molecule has 3 aromatic rings. The van der Waals surface area contributed by atoms with Crippen LogP contribution in [0.25, 0.3) is 0 Å². The van der Waals surface area contributed by atoms with Gasteiger partial charge in [-0.05, 0) is 23.6 Å². The molecule has 8 heteroatoms. The van der Waals surface area contributed by atoms with Gasteiger partial charge in [-0.2, -0.15) is 0 Å². The predicted molar refractivity (Wildman–Crippen MR) is 115 cm³/mol. The number of nitro benzene ring substituents is 1. The van der Waals surface area contributed by atoms with Gasteiger partial charge in [0, 0.05) is 12.1 Å². The van der Waals surface area contributed by atoms with Crippen molar-refractivity contribution < 1.29 is 19.2 Å². The molecule has 3 N–H and O–H groups in total. The van der Waals surface area contributed by atoms with Crippen molar-refractivity contribution in [3.8, 4) is 0 Å². The van der Waals surface area contributed by atoms with Crippen LogP contribution in [-0.2, 0) is 16.0 Å². The van der Waals surface area contributed by atoms with Crippen molar-refractivity contribution in [2.45, 2.75) is 12.5 Å². The highest BCUT2D eigenvalue weighted by Crippen LogP contribution is 2.21. The maximum absolute atomic E-state index is 12.5. The minimum absolute atomic E-state index is 0.0395. The van der Waals surface area contributed by atoms with Gasteiger partial charge < -0.3 is 15.8 Å². The number of nitrogens with zero attached hydrogens (tertiary/aromatic N) is 1. The number of rotatable bonds is 8. The van der Waals surface area contributed by atoms with E-state index < -0.39 is 23.4 Å². The highest BCUT2D eigenvalue weighted by atomic mass is 16.6. The molecule has 0 spiro atoms. The summed E-state index contributed by atoms with van der Waals surface area (Å²) in [7, 11) is 0. The zero-order chi connectivity index (χ0) is 22.2. The van der Waals surface area contributed by atoms with Crippen molar-refractivity contribution in [1.82, 2.24) is 5.32 Å². The number of nitro groups is 1. The minimum Gasteiger partial charge on any atom is -0.452 e. The fourth-order valence-corrected chi connectivity index (χ4v) is 3.08. The normalized spacial score (nSPS) is 11.4. The molecule has 3 rings (SSSR count). The predicted octanol–water partition coefficient (Wildman–Crippen LogP) is 3.43. The third-order valence-corrected chi connectivity index (χ3v) is 4.62. The van der Waals surface area contributed by atoms with Gasteiger partial charge >= 0.3 is 5.97 Å². The van der Waals surface area contributed by atoms with Crippen LogP contribution < -0.4 is 11.1 Å². The second kappa shape index (κ2) is 10.0. The number of hydrogen-bond donors (Lipinski definition) is 2. The first-order valence-electron chi connectivity index (χ1n) is 9.53. The number of anilines is 1. The maximum Gasteiger partial charge on any atom is 0.340 e. The van der Waals surface area contributed by atoms with Gasteiger partial charge in [-0.15, -0.1) is 0 Å². The molecule has 0 aliphatic carbocycles. The molecule has 158 valence electrons. The number of ether oxygens (including phenoxy) is 1. The van der Waals surface area contributed by atoms with Crippen molar-refractivity contribution in [2.75, 3.05) is 12.3 Å². The SMILES string of the molecule is Nc1cc([N+](=O)[O-])ccc1C(=O)OCC(=O)N[C@@H](Cc1ccccc1)c1ccccc1. The van der Waals surface area contributed by atoms with Crippen LogP contribution in [0.2, 0.25) is 0 Å². The van der Waals surface area contributed by atoms with E-state index in [0.29, 0.717) is 6.42 Å². The van der Waals surface area contributed by atoms with Crippen molar-refractivity contribution >= 4 is 23.3 Å². The number of hydrogen-bond acceptors (Lipinski definition) is 6. The average Bonchev–Trinajstić information content (AvgIpc) is 2.78. The Balaban J connectivity index is 1.64. The van der Waals surface area contributed by atoms with Crippen molar-refractivity contribution in [3.05, 3.63) is 106 Å². The number of carbonyl (C=O) groups is 2. The Bertz CT molecular complexity index is 1070. The lowest BCUT2D eigenvalue weighted by molar-refractivity contribution is -0.384. The second-order valence-electron chi connectivity index (χ2n) is 6.83. The molecule has 0 aromatic heterocycles. The van der Waals surface area contributed by atoms with E-state index in [4.69, 9.17) is 10.5 Å². The van der Waals surface area contributed by atoms with Crippen LogP contribution in [0.3, 0.4) is 0 Å². The van der Waals surface area contributed by atoms with Crippen LogP contribution in [0, 0.1) is 10.1 Å². The zero-order valence-electron chi connectivity index (χ0n) is 16.6. The Morgan fingerprint density at radius 1 is 1.00 bits per heavy atom. The number of nitrogens with two attached hydrogens (primary N) is 1. The summed E-state index contributed by atoms with van der Waals surface area (Å²) in [6, 6.07) is 22.3. The van der Waals surface area contributed by atoms with E-state index in [-0.39, 0.29) is 23.0 Å². The highest BCUT2D eigenvalue weighted by molar-refractivity contribution is 5.96. The lowest BCUT2D eigenvalue weighted by Crippen LogP contribution is -2.33. The summed E-state index contributed by atoms with van der Waals surface area (Å²) >= 11 is 0. The minimum atomic E-state index is -0.832. The molecule has 0 saturated carbocycles. The molecule has 31 heavy (non-hydrogen) atoms. The number of benzene rings is 3. The summed E-state index contributed by atoms with van der Waals surface area (Å²) in [6.07, 6.45) is 0.569. The number of esters is 1. The largest absolute Gasteiger partial charge is 0.452 e. The van der Waals surface area contributed by atoms with E-state index in [1.54, 1.807) is 0 Å². The molecule has 0 bridgehead atoms. The van der Waals surface area contributed by atoms with Gasteiger partial charge in [-0.3, -0.25) is 14.9 Å². The number of carbonyl (C=O) groups excluding carboxylic acids is 2. The fraction of sp³-hybridized carbons (Fsp3) is 0.130. The summed E-state index contributed by atoms with van der Waals surface area (Å²) in [5, 5.41) is 13.7. The van der Waals surface area contributed by atoms with Crippen molar-refractivity contribution in [3.63, 3.8) is 0 Å². The van der Waals surface area contributed by atoms with Crippen LogP contribution in [0.4, 0.5) is 11.4 Å². The molecule has 1 atom stereocenters. The quantitative estimate of drug-likeness (QED) is 0.249.